The van der Waals surface area contributed by atoms with Gasteiger partial charge in [-0.1, -0.05) is 20.8 Å². The number of fused-ring (bicyclic) bond motifs is 1. The molecule has 0 atom stereocenters. The Kier molecular flexibility index (Phi) is 2.83. The second kappa shape index (κ2) is 4.00. The molecule has 1 heterocycles. The third kappa shape index (κ3) is 1.89. The van der Waals surface area contributed by atoms with E-state index in [0.717, 1.165) is 18.8 Å². The highest BCUT2D eigenvalue weighted by atomic mass is 15.1. The molecule has 0 fully saturated rings. The molecule has 0 saturated carbocycles. The first-order valence-corrected chi connectivity index (χ1v) is 6.19. The minimum Gasteiger partial charge on any atom is -0.399 e. The number of hydrogen-bond acceptors (Lipinski definition) is 2. The van der Waals surface area contributed by atoms with Crippen LogP contribution in [0.15, 0.2) is 18.2 Å². The topological polar surface area (TPSA) is 29.3 Å². The van der Waals surface area contributed by atoms with Crippen LogP contribution in [0.5, 0.6) is 0 Å². The average molecular weight is 218 g/mol. The van der Waals surface area contributed by atoms with Crippen LogP contribution in [-0.2, 0) is 5.41 Å². The van der Waals surface area contributed by atoms with Crippen molar-refractivity contribution in [2.75, 3.05) is 23.7 Å². The van der Waals surface area contributed by atoms with Gasteiger partial charge in [-0.15, -0.1) is 0 Å². The molecular weight excluding hydrogens is 196 g/mol. The number of nitrogens with two attached hydrogens (primary N) is 1. The van der Waals surface area contributed by atoms with Crippen LogP contribution in [0.1, 0.15) is 39.2 Å². The van der Waals surface area contributed by atoms with Crippen LogP contribution >= 0.6 is 0 Å². The zero-order valence-corrected chi connectivity index (χ0v) is 10.6. The minimum atomic E-state index is 0.259. The maximum Gasteiger partial charge on any atom is 0.0405 e. The van der Waals surface area contributed by atoms with E-state index in [-0.39, 0.29) is 5.41 Å². The number of anilines is 2. The molecular formula is C14H22N2. The molecule has 2 nitrogen and oxygen atoms in total. The van der Waals surface area contributed by atoms with Crippen molar-refractivity contribution in [2.24, 2.45) is 0 Å². The van der Waals surface area contributed by atoms with E-state index in [4.69, 9.17) is 5.73 Å². The fourth-order valence-electron chi connectivity index (χ4n) is 2.54. The van der Waals surface area contributed by atoms with E-state index in [0.29, 0.717) is 0 Å². The molecule has 1 aliphatic rings. The zero-order chi connectivity index (χ0) is 11.8. The van der Waals surface area contributed by atoms with Crippen LogP contribution in [0, 0.1) is 0 Å². The lowest BCUT2D eigenvalue weighted by atomic mass is 9.77. The lowest BCUT2D eigenvalue weighted by Crippen LogP contribution is -2.37. The first kappa shape index (κ1) is 11.3. The Morgan fingerprint density at radius 2 is 2.12 bits per heavy atom. The van der Waals surface area contributed by atoms with Crippen molar-refractivity contribution in [2.45, 2.75) is 39.0 Å². The van der Waals surface area contributed by atoms with Crippen LogP contribution in [0.25, 0.3) is 0 Å². The summed E-state index contributed by atoms with van der Waals surface area (Å²) in [7, 11) is 0. The van der Waals surface area contributed by atoms with E-state index in [2.05, 4.69) is 37.8 Å². The molecule has 2 heteroatoms. The molecule has 2 rings (SSSR count). The molecule has 0 aromatic heterocycles. The van der Waals surface area contributed by atoms with Gasteiger partial charge in [0.15, 0.2) is 0 Å². The lowest BCUT2D eigenvalue weighted by Gasteiger charge is -2.40. The summed E-state index contributed by atoms with van der Waals surface area (Å²) >= 11 is 0. The highest BCUT2D eigenvalue weighted by Crippen LogP contribution is 2.40. The smallest absolute Gasteiger partial charge is 0.0405 e. The average Bonchev–Trinajstić information content (AvgIpc) is 2.23. The van der Waals surface area contributed by atoms with Crippen molar-refractivity contribution in [3.05, 3.63) is 23.8 Å². The van der Waals surface area contributed by atoms with Gasteiger partial charge in [-0.05, 0) is 42.0 Å². The molecule has 1 aromatic rings. The molecule has 2 N–H and O–H groups in total. The normalized spacial score (nSPS) is 18.3. The molecule has 88 valence electrons. The predicted molar refractivity (Wildman–Crippen MR) is 71.0 cm³/mol. The van der Waals surface area contributed by atoms with Gasteiger partial charge < -0.3 is 10.6 Å². The second-order valence-electron chi connectivity index (χ2n) is 5.40. The monoisotopic (exact) mass is 218 g/mol. The fourth-order valence-corrected chi connectivity index (χ4v) is 2.54. The van der Waals surface area contributed by atoms with E-state index in [1.54, 1.807) is 0 Å². The van der Waals surface area contributed by atoms with Gasteiger partial charge in [0.25, 0.3) is 0 Å². The van der Waals surface area contributed by atoms with Crippen LogP contribution in [0.4, 0.5) is 11.4 Å². The first-order chi connectivity index (χ1) is 7.54. The van der Waals surface area contributed by atoms with Crippen molar-refractivity contribution >= 4 is 11.4 Å². The predicted octanol–water partition coefficient (Wildman–Crippen LogP) is 3.17. The maximum atomic E-state index is 5.90. The fraction of sp³-hybridized carbons (Fsp3) is 0.571. The van der Waals surface area contributed by atoms with Gasteiger partial charge >= 0.3 is 0 Å². The van der Waals surface area contributed by atoms with Crippen LogP contribution in [0.2, 0.25) is 0 Å². The second-order valence-corrected chi connectivity index (χ2v) is 5.40. The third-order valence-corrected chi connectivity index (χ3v) is 3.59. The van der Waals surface area contributed by atoms with Crippen LogP contribution < -0.4 is 10.6 Å². The van der Waals surface area contributed by atoms with Gasteiger partial charge in [0.05, 0.1) is 0 Å². The van der Waals surface area contributed by atoms with Crippen molar-refractivity contribution in [3.63, 3.8) is 0 Å². The summed E-state index contributed by atoms with van der Waals surface area (Å²) in [4.78, 5) is 2.49. The van der Waals surface area contributed by atoms with Gasteiger partial charge in [0.1, 0.15) is 0 Å². The summed E-state index contributed by atoms with van der Waals surface area (Å²) in [5.41, 5.74) is 9.83. The molecule has 1 aliphatic heterocycles. The summed E-state index contributed by atoms with van der Waals surface area (Å²) in [5.74, 6) is 0. The van der Waals surface area contributed by atoms with Crippen molar-refractivity contribution in [1.82, 2.24) is 0 Å². The van der Waals surface area contributed by atoms with Crippen LogP contribution in [-0.4, -0.2) is 13.1 Å². The molecule has 0 saturated heterocycles. The Labute approximate surface area is 98.4 Å². The zero-order valence-electron chi connectivity index (χ0n) is 10.6. The number of nitrogens with zero attached hydrogens (tertiary/aromatic N) is 1. The Bertz CT molecular complexity index is 382. The van der Waals surface area contributed by atoms with Crippen molar-refractivity contribution < 1.29 is 0 Å². The molecule has 16 heavy (non-hydrogen) atoms. The Morgan fingerprint density at radius 3 is 2.81 bits per heavy atom. The van der Waals surface area contributed by atoms with Gasteiger partial charge in [0, 0.05) is 24.5 Å². The highest BCUT2D eigenvalue weighted by Gasteiger charge is 2.30. The largest absolute Gasteiger partial charge is 0.399 e. The maximum absolute atomic E-state index is 5.90. The van der Waals surface area contributed by atoms with E-state index in [1.165, 1.54) is 24.1 Å². The third-order valence-electron chi connectivity index (χ3n) is 3.59. The van der Waals surface area contributed by atoms with Crippen molar-refractivity contribution in [3.8, 4) is 0 Å². The first-order valence-electron chi connectivity index (χ1n) is 6.19. The van der Waals surface area contributed by atoms with Crippen LogP contribution in [0.3, 0.4) is 0 Å². The van der Waals surface area contributed by atoms with E-state index < -0.39 is 0 Å². The summed E-state index contributed by atoms with van der Waals surface area (Å²) < 4.78 is 0. The summed E-state index contributed by atoms with van der Waals surface area (Å²) in [6.45, 7) is 9.17. The lowest BCUT2D eigenvalue weighted by molar-refractivity contribution is 0.453. The summed E-state index contributed by atoms with van der Waals surface area (Å²) in [5, 5.41) is 0. The molecule has 0 bridgehead atoms. The van der Waals surface area contributed by atoms with E-state index in [1.807, 2.05) is 6.07 Å². The molecule has 0 aliphatic carbocycles. The Morgan fingerprint density at radius 1 is 1.38 bits per heavy atom. The highest BCUT2D eigenvalue weighted by molar-refractivity contribution is 5.63. The molecule has 0 amide bonds. The van der Waals surface area contributed by atoms with E-state index >= 15 is 0 Å². The number of hydrogen-bond donors (Lipinski definition) is 1. The van der Waals surface area contributed by atoms with Gasteiger partial charge in [-0.2, -0.15) is 0 Å². The minimum absolute atomic E-state index is 0.259. The van der Waals surface area contributed by atoms with Gasteiger partial charge in [0.2, 0.25) is 0 Å². The van der Waals surface area contributed by atoms with Gasteiger partial charge in [-0.3, -0.25) is 0 Å². The summed E-state index contributed by atoms with van der Waals surface area (Å²) in [6, 6.07) is 6.35. The standard InChI is InChI=1S/C14H22N2/c1-4-8-16-9-7-14(2,3)12-10-11(15)5-6-13(12)16/h5-6,10H,4,7-9,15H2,1-3H3. The SMILES string of the molecule is CCCN1CCC(C)(C)c2cc(N)ccc21. The molecule has 0 radical (unpaired) electrons. The molecule has 0 spiro atoms. The Hall–Kier alpha value is -1.18. The quantitative estimate of drug-likeness (QED) is 0.773. The van der Waals surface area contributed by atoms with E-state index in [9.17, 15) is 0 Å². The number of nitrogen functional groups attached to an aromatic ring is 1. The Balaban J connectivity index is 2.45. The van der Waals surface area contributed by atoms with Crippen molar-refractivity contribution in [1.29, 1.82) is 0 Å². The molecule has 0 unspecified atom stereocenters. The number of rotatable bonds is 2. The number of benzene rings is 1. The molecule has 1 aromatic carbocycles. The summed E-state index contributed by atoms with van der Waals surface area (Å²) in [6.07, 6.45) is 2.41. The van der Waals surface area contributed by atoms with Gasteiger partial charge in [-0.25, -0.2) is 0 Å².